The molecule has 10 heteroatoms. The van der Waals surface area contributed by atoms with Crippen LogP contribution in [0.2, 0.25) is 0 Å². The number of nitrogens with zero attached hydrogens (tertiary/aromatic N) is 5. The van der Waals surface area contributed by atoms with E-state index in [1.165, 1.54) is 12.1 Å². The molecule has 1 atom stereocenters. The molecule has 1 saturated heterocycles. The summed E-state index contributed by atoms with van der Waals surface area (Å²) in [4.78, 5) is 15.9. The van der Waals surface area contributed by atoms with Crippen LogP contribution in [-0.4, -0.2) is 81.2 Å². The number of rotatable bonds is 8. The number of halogens is 2. The van der Waals surface area contributed by atoms with Crippen molar-refractivity contribution < 1.29 is 9.13 Å². The average molecular weight is 577 g/mol. The molecular formula is C22H34FIN6OS. The molecule has 1 aliphatic heterocycles. The molecule has 1 fully saturated rings. The highest BCUT2D eigenvalue weighted by Gasteiger charge is 2.17. The number of nitrogens with one attached hydrogen (secondary N) is 1. The topological polar surface area (TPSA) is 56.2 Å². The molecule has 2 heterocycles. The summed E-state index contributed by atoms with van der Waals surface area (Å²) in [7, 11) is 5.53. The van der Waals surface area contributed by atoms with E-state index in [2.05, 4.69) is 35.4 Å². The molecule has 7 nitrogen and oxygen atoms in total. The Hall–Kier alpha value is -1.50. The lowest BCUT2D eigenvalue weighted by Gasteiger charge is -2.36. The summed E-state index contributed by atoms with van der Waals surface area (Å²) in [5.41, 5.74) is 2.11. The van der Waals surface area contributed by atoms with E-state index < -0.39 is 0 Å². The summed E-state index contributed by atoms with van der Waals surface area (Å²) in [6.07, 6.45) is 0.0185. The molecule has 0 aliphatic carbocycles. The van der Waals surface area contributed by atoms with Gasteiger partial charge in [0.05, 0.1) is 12.2 Å². The molecule has 0 radical (unpaired) electrons. The van der Waals surface area contributed by atoms with Gasteiger partial charge in [0, 0.05) is 71.5 Å². The van der Waals surface area contributed by atoms with E-state index in [1.54, 1.807) is 25.5 Å². The van der Waals surface area contributed by atoms with E-state index in [0.29, 0.717) is 6.54 Å². The Labute approximate surface area is 211 Å². The highest BCUT2D eigenvalue weighted by atomic mass is 127. The average Bonchev–Trinajstić information content (AvgIpc) is 3.25. The predicted octanol–water partition coefficient (Wildman–Crippen LogP) is 3.44. The Balaban J connectivity index is 0.00000363. The molecule has 1 N–H and O–H groups in total. The van der Waals surface area contributed by atoms with Crippen molar-refractivity contribution in [1.82, 2.24) is 20.1 Å². The van der Waals surface area contributed by atoms with Gasteiger partial charge in [0.2, 0.25) is 0 Å². The third kappa shape index (κ3) is 7.53. The van der Waals surface area contributed by atoms with Gasteiger partial charge in [0.15, 0.2) is 5.96 Å². The molecule has 1 aromatic heterocycles. The van der Waals surface area contributed by atoms with Crippen LogP contribution in [0.4, 0.5) is 10.1 Å². The van der Waals surface area contributed by atoms with Crippen molar-refractivity contribution in [2.24, 2.45) is 4.99 Å². The van der Waals surface area contributed by atoms with Crippen LogP contribution < -0.4 is 10.2 Å². The number of benzene rings is 1. The summed E-state index contributed by atoms with van der Waals surface area (Å²) < 4.78 is 18.5. The maximum Gasteiger partial charge on any atom is 0.193 e. The zero-order valence-electron chi connectivity index (χ0n) is 19.3. The largest absolute Gasteiger partial charge is 0.375 e. The normalized spacial score (nSPS) is 15.9. The molecule has 1 unspecified atom stereocenters. The Morgan fingerprint density at radius 3 is 2.59 bits per heavy atom. The van der Waals surface area contributed by atoms with Gasteiger partial charge in [-0.3, -0.25) is 9.89 Å². The molecule has 3 rings (SSSR count). The predicted molar refractivity (Wildman–Crippen MR) is 141 cm³/mol. The van der Waals surface area contributed by atoms with Gasteiger partial charge in [-0.25, -0.2) is 9.37 Å². The fourth-order valence-corrected chi connectivity index (χ4v) is 4.43. The molecule has 0 bridgehead atoms. The number of aliphatic imine (C=N–C) groups is 1. The fraction of sp³-hybridized carbons (Fsp3) is 0.545. The van der Waals surface area contributed by atoms with Gasteiger partial charge >= 0.3 is 0 Å². The Bertz CT molecular complexity index is 841. The van der Waals surface area contributed by atoms with E-state index in [-0.39, 0.29) is 35.9 Å². The second-order valence-electron chi connectivity index (χ2n) is 7.69. The lowest BCUT2D eigenvalue weighted by molar-refractivity contribution is 0.119. The Morgan fingerprint density at radius 2 is 1.97 bits per heavy atom. The monoisotopic (exact) mass is 576 g/mol. The minimum absolute atomic E-state index is 0. The number of anilines is 1. The van der Waals surface area contributed by atoms with Crippen molar-refractivity contribution in [3.8, 4) is 0 Å². The van der Waals surface area contributed by atoms with Gasteiger partial charge in [0.25, 0.3) is 0 Å². The third-order valence-corrected chi connectivity index (χ3v) is 6.57. The van der Waals surface area contributed by atoms with Gasteiger partial charge in [0.1, 0.15) is 16.9 Å². The first-order chi connectivity index (χ1) is 15.0. The van der Waals surface area contributed by atoms with E-state index in [0.717, 1.165) is 61.6 Å². The minimum Gasteiger partial charge on any atom is -0.375 e. The summed E-state index contributed by atoms with van der Waals surface area (Å²) in [5.74, 6) is 0.672. The second-order valence-corrected chi connectivity index (χ2v) is 8.58. The van der Waals surface area contributed by atoms with E-state index in [1.807, 2.05) is 26.1 Å². The molecule has 0 amide bonds. The van der Waals surface area contributed by atoms with Crippen molar-refractivity contribution in [3.05, 3.63) is 46.2 Å². The van der Waals surface area contributed by atoms with Crippen LogP contribution in [0.15, 0.2) is 34.6 Å². The van der Waals surface area contributed by atoms with Crippen molar-refractivity contribution in [3.63, 3.8) is 0 Å². The maximum absolute atomic E-state index is 13.1. The zero-order chi connectivity index (χ0) is 22.2. The number of methoxy groups -OCH3 is 1. The Kier molecular flexibility index (Phi) is 11.1. The van der Waals surface area contributed by atoms with Crippen LogP contribution in [0.3, 0.4) is 0 Å². The second kappa shape index (κ2) is 13.3. The Morgan fingerprint density at radius 1 is 1.28 bits per heavy atom. The van der Waals surface area contributed by atoms with Gasteiger partial charge in [-0.1, -0.05) is 0 Å². The molecule has 2 aromatic rings. The third-order valence-electron chi connectivity index (χ3n) is 5.52. The first-order valence-corrected chi connectivity index (χ1v) is 11.5. The number of guanidine groups is 1. The maximum atomic E-state index is 13.1. The number of hydrogen-bond acceptors (Lipinski definition) is 6. The first kappa shape index (κ1) is 26.7. The van der Waals surface area contributed by atoms with Crippen LogP contribution in [0.25, 0.3) is 0 Å². The SMILES string of the molecule is CN=C(NCCN1CCN(c2ccc(F)cc2)CC1)N(C)Cc1csc(C(C)OC)n1.I. The van der Waals surface area contributed by atoms with E-state index in [9.17, 15) is 4.39 Å². The lowest BCUT2D eigenvalue weighted by atomic mass is 10.2. The van der Waals surface area contributed by atoms with E-state index >= 15 is 0 Å². The molecule has 1 aromatic carbocycles. The van der Waals surface area contributed by atoms with Crippen molar-refractivity contribution in [2.75, 3.05) is 65.4 Å². The molecule has 1 aliphatic rings. The number of aromatic nitrogens is 1. The van der Waals surface area contributed by atoms with Crippen LogP contribution in [0.1, 0.15) is 23.7 Å². The number of thiazole rings is 1. The van der Waals surface area contributed by atoms with Crippen LogP contribution >= 0.6 is 35.3 Å². The van der Waals surface area contributed by atoms with E-state index in [4.69, 9.17) is 4.74 Å². The van der Waals surface area contributed by atoms with Crippen molar-refractivity contribution in [1.29, 1.82) is 0 Å². The summed E-state index contributed by atoms with van der Waals surface area (Å²) in [6.45, 7) is 8.38. The highest BCUT2D eigenvalue weighted by Crippen LogP contribution is 2.21. The molecule has 0 saturated carbocycles. The van der Waals surface area contributed by atoms with Gasteiger partial charge in [-0.2, -0.15) is 0 Å². The quantitative estimate of drug-likeness (QED) is 0.296. The van der Waals surface area contributed by atoms with Gasteiger partial charge < -0.3 is 19.9 Å². The standard InChI is InChI=1S/C22H33FN6OS.HI/c1-17(30-4)21-26-19(16-31-21)15-27(3)22(24-2)25-9-10-28-11-13-29(14-12-28)20-7-5-18(23)6-8-20;/h5-8,16-17H,9-15H2,1-4H3,(H,24,25);1H. The first-order valence-electron chi connectivity index (χ1n) is 10.6. The molecule has 0 spiro atoms. The van der Waals surface area contributed by atoms with Crippen LogP contribution in [-0.2, 0) is 11.3 Å². The number of hydrogen-bond donors (Lipinski definition) is 1. The molecule has 32 heavy (non-hydrogen) atoms. The summed E-state index contributed by atoms with van der Waals surface area (Å²) in [6, 6.07) is 6.76. The summed E-state index contributed by atoms with van der Waals surface area (Å²) >= 11 is 1.63. The van der Waals surface area contributed by atoms with Crippen LogP contribution in [0.5, 0.6) is 0 Å². The van der Waals surface area contributed by atoms with Crippen LogP contribution in [0, 0.1) is 5.82 Å². The fourth-order valence-electron chi connectivity index (χ4n) is 3.59. The number of piperazine rings is 1. The highest BCUT2D eigenvalue weighted by molar-refractivity contribution is 14.0. The minimum atomic E-state index is -0.188. The van der Waals surface area contributed by atoms with Gasteiger partial charge in [-0.05, 0) is 31.2 Å². The van der Waals surface area contributed by atoms with Crippen molar-refractivity contribution in [2.45, 2.75) is 19.6 Å². The smallest absolute Gasteiger partial charge is 0.193 e. The van der Waals surface area contributed by atoms with Gasteiger partial charge in [-0.15, -0.1) is 35.3 Å². The summed E-state index contributed by atoms with van der Waals surface area (Å²) in [5, 5.41) is 6.53. The molecular weight excluding hydrogens is 542 g/mol. The van der Waals surface area contributed by atoms with Crippen molar-refractivity contribution >= 4 is 47.0 Å². The number of ether oxygens (including phenoxy) is 1. The molecule has 178 valence electrons. The zero-order valence-corrected chi connectivity index (χ0v) is 22.4. The lowest BCUT2D eigenvalue weighted by Crippen LogP contribution is -2.49.